The van der Waals surface area contributed by atoms with Gasteiger partial charge in [0.1, 0.15) is 0 Å². The molecule has 0 N–H and O–H groups in total. The average molecular weight is 204 g/mol. The highest BCUT2D eigenvalue weighted by Crippen LogP contribution is 2.25. The molecule has 0 unspecified atom stereocenters. The summed E-state index contributed by atoms with van der Waals surface area (Å²) in [5, 5.41) is 20.2. The van der Waals surface area contributed by atoms with Crippen LogP contribution in [0.25, 0.3) is 0 Å². The molecule has 1 rings (SSSR count). The highest BCUT2D eigenvalue weighted by molar-refractivity contribution is 5.43. The minimum Gasteiger partial charge on any atom is -0.258 e. The van der Waals surface area contributed by atoms with Gasteiger partial charge in [-0.3, -0.25) is 20.2 Å². The Kier molecular flexibility index (Phi) is 2.36. The molecule has 0 saturated carbocycles. The molecule has 1 aromatic rings. The van der Waals surface area contributed by atoms with Crippen LogP contribution in [0.2, 0.25) is 0 Å². The smallest absolute Gasteiger partial charge is 0.258 e. The summed E-state index contributed by atoms with van der Waals surface area (Å²) in [5.74, 6) is -2.88. The molecule has 0 aliphatic rings. The van der Waals surface area contributed by atoms with Crippen molar-refractivity contribution in [1.82, 2.24) is 0 Å². The number of nitro benzene ring substituents is 2. The molecule has 74 valence electrons. The molecule has 0 aliphatic heterocycles. The maximum absolute atomic E-state index is 12.7. The summed E-state index contributed by atoms with van der Waals surface area (Å²) < 4.78 is 25.5. The maximum Gasteiger partial charge on any atom is 0.308 e. The molecule has 6 nitrogen and oxygen atoms in total. The molecule has 14 heavy (non-hydrogen) atoms. The molecule has 0 bridgehead atoms. The lowest BCUT2D eigenvalue weighted by Gasteiger charge is -1.95. The van der Waals surface area contributed by atoms with Crippen LogP contribution in [0.4, 0.5) is 20.2 Å². The second kappa shape index (κ2) is 3.32. The lowest BCUT2D eigenvalue weighted by molar-refractivity contribution is -0.393. The van der Waals surface area contributed by atoms with Crippen molar-refractivity contribution in [2.24, 2.45) is 0 Å². The molecule has 0 fully saturated rings. The van der Waals surface area contributed by atoms with Crippen LogP contribution >= 0.6 is 0 Å². The second-order valence-corrected chi connectivity index (χ2v) is 2.27. The van der Waals surface area contributed by atoms with Crippen molar-refractivity contribution in [3.05, 3.63) is 44.0 Å². The molecule has 0 spiro atoms. The summed E-state index contributed by atoms with van der Waals surface area (Å²) in [6.07, 6.45) is 0. The van der Waals surface area contributed by atoms with Crippen molar-refractivity contribution in [2.75, 3.05) is 0 Å². The molecule has 0 heterocycles. The predicted octanol–water partition coefficient (Wildman–Crippen LogP) is 1.78. The number of nitrogens with zero attached hydrogens (tertiary/aromatic N) is 2. The summed E-state index contributed by atoms with van der Waals surface area (Å²) in [7, 11) is 0. The summed E-state index contributed by atoms with van der Waals surface area (Å²) in [6, 6.07) is 0.348. The zero-order valence-electron chi connectivity index (χ0n) is 6.44. The third kappa shape index (κ3) is 1.63. The van der Waals surface area contributed by atoms with Gasteiger partial charge in [-0.2, -0.15) is 8.78 Å². The van der Waals surface area contributed by atoms with Gasteiger partial charge < -0.3 is 0 Å². The zero-order chi connectivity index (χ0) is 10.9. The van der Waals surface area contributed by atoms with Crippen molar-refractivity contribution in [2.45, 2.75) is 0 Å². The molecule has 1 aromatic carbocycles. The van der Waals surface area contributed by atoms with E-state index in [-0.39, 0.29) is 12.1 Å². The van der Waals surface area contributed by atoms with Crippen molar-refractivity contribution in [1.29, 1.82) is 0 Å². The van der Waals surface area contributed by atoms with Gasteiger partial charge in [0, 0.05) is 0 Å². The minimum absolute atomic E-state index is 0.174. The molecule has 0 aromatic heterocycles. The Labute approximate surface area is 75.1 Å². The number of halogens is 2. The fourth-order valence-electron chi connectivity index (χ4n) is 0.806. The first-order chi connectivity index (χ1) is 6.43. The van der Waals surface area contributed by atoms with Crippen LogP contribution in [0.1, 0.15) is 0 Å². The third-order valence-corrected chi connectivity index (χ3v) is 1.41. The highest BCUT2D eigenvalue weighted by atomic mass is 19.1. The van der Waals surface area contributed by atoms with Gasteiger partial charge in [-0.1, -0.05) is 0 Å². The molecule has 0 aliphatic carbocycles. The van der Waals surface area contributed by atoms with E-state index in [2.05, 4.69) is 0 Å². The van der Waals surface area contributed by atoms with E-state index >= 15 is 0 Å². The Bertz CT molecular complexity index is 381. The van der Waals surface area contributed by atoms with E-state index in [1.807, 2.05) is 0 Å². The topological polar surface area (TPSA) is 86.3 Å². The lowest BCUT2D eigenvalue weighted by Crippen LogP contribution is -1.98. The Balaban J connectivity index is 3.38. The summed E-state index contributed by atoms with van der Waals surface area (Å²) in [6.45, 7) is 0. The Hall–Kier alpha value is -2.12. The van der Waals surface area contributed by atoms with Crippen LogP contribution in [-0.4, -0.2) is 9.85 Å². The maximum atomic E-state index is 12.7. The molecule has 0 saturated heterocycles. The summed E-state index contributed by atoms with van der Waals surface area (Å²) in [4.78, 5) is 17.8. The van der Waals surface area contributed by atoms with Gasteiger partial charge in [0.05, 0.1) is 22.0 Å². The first kappa shape index (κ1) is 9.96. The van der Waals surface area contributed by atoms with Crippen LogP contribution in [0.15, 0.2) is 12.1 Å². The fraction of sp³-hybridized carbons (Fsp3) is 0. The van der Waals surface area contributed by atoms with Crippen LogP contribution in [0.3, 0.4) is 0 Å². The number of hydrogen-bond donors (Lipinski definition) is 0. The first-order valence-electron chi connectivity index (χ1n) is 3.21. The van der Waals surface area contributed by atoms with Gasteiger partial charge in [0.15, 0.2) is 0 Å². The minimum atomic E-state index is -1.44. The van der Waals surface area contributed by atoms with Crippen LogP contribution < -0.4 is 0 Å². The molecular formula is C6H2F2N2O4. The van der Waals surface area contributed by atoms with E-state index in [0.29, 0.717) is 0 Å². The molecule has 0 atom stereocenters. The number of benzene rings is 1. The predicted molar refractivity (Wildman–Crippen MR) is 39.7 cm³/mol. The van der Waals surface area contributed by atoms with E-state index < -0.39 is 32.9 Å². The van der Waals surface area contributed by atoms with E-state index in [0.717, 1.165) is 0 Å². The Morgan fingerprint density at radius 2 is 1.21 bits per heavy atom. The van der Waals surface area contributed by atoms with Gasteiger partial charge in [-0.15, -0.1) is 0 Å². The van der Waals surface area contributed by atoms with E-state index in [1.54, 1.807) is 0 Å². The Morgan fingerprint density at radius 3 is 1.43 bits per heavy atom. The summed E-state index contributed by atoms with van der Waals surface area (Å²) >= 11 is 0. The standard InChI is InChI=1S/C6H2F2N2O4/c7-3-1-5(9(11)12)4(8)2-6(3)10(13)14/h1-2H. The van der Waals surface area contributed by atoms with Crippen molar-refractivity contribution >= 4 is 11.4 Å². The monoisotopic (exact) mass is 204 g/mol. The molecule has 0 amide bonds. The largest absolute Gasteiger partial charge is 0.308 e. The van der Waals surface area contributed by atoms with Gasteiger partial charge >= 0.3 is 11.4 Å². The van der Waals surface area contributed by atoms with E-state index in [9.17, 15) is 29.0 Å². The van der Waals surface area contributed by atoms with Gasteiger partial charge in [-0.05, 0) is 0 Å². The third-order valence-electron chi connectivity index (χ3n) is 1.41. The molecular weight excluding hydrogens is 202 g/mol. The van der Waals surface area contributed by atoms with Gasteiger partial charge in [0.25, 0.3) is 0 Å². The lowest BCUT2D eigenvalue weighted by atomic mass is 10.2. The van der Waals surface area contributed by atoms with E-state index in [1.165, 1.54) is 0 Å². The SMILES string of the molecule is O=[N+]([O-])c1cc(F)c([N+](=O)[O-])cc1F. The van der Waals surface area contributed by atoms with Gasteiger partial charge in [0.2, 0.25) is 11.6 Å². The second-order valence-electron chi connectivity index (χ2n) is 2.27. The molecule has 0 radical (unpaired) electrons. The fourth-order valence-corrected chi connectivity index (χ4v) is 0.806. The van der Waals surface area contributed by atoms with Crippen molar-refractivity contribution < 1.29 is 18.6 Å². The van der Waals surface area contributed by atoms with E-state index in [4.69, 9.17) is 0 Å². The highest BCUT2D eigenvalue weighted by Gasteiger charge is 2.24. The van der Waals surface area contributed by atoms with Crippen LogP contribution in [-0.2, 0) is 0 Å². The van der Waals surface area contributed by atoms with Crippen molar-refractivity contribution in [3.63, 3.8) is 0 Å². The number of hydrogen-bond acceptors (Lipinski definition) is 4. The number of nitro groups is 2. The van der Waals surface area contributed by atoms with Crippen molar-refractivity contribution in [3.8, 4) is 0 Å². The Morgan fingerprint density at radius 1 is 0.929 bits per heavy atom. The quantitative estimate of drug-likeness (QED) is 0.542. The van der Waals surface area contributed by atoms with Crippen LogP contribution in [0.5, 0.6) is 0 Å². The van der Waals surface area contributed by atoms with Gasteiger partial charge in [-0.25, -0.2) is 0 Å². The number of rotatable bonds is 2. The first-order valence-corrected chi connectivity index (χ1v) is 3.21. The zero-order valence-corrected chi connectivity index (χ0v) is 6.44. The average Bonchev–Trinajstić information content (AvgIpc) is 2.07. The normalized spacial score (nSPS) is 9.86. The molecule has 8 heteroatoms. The summed E-state index contributed by atoms with van der Waals surface area (Å²) in [5.41, 5.74) is -2.26. The van der Waals surface area contributed by atoms with Crippen LogP contribution in [0, 0.1) is 31.9 Å².